The lowest BCUT2D eigenvalue weighted by atomic mass is 9.45. The molecule has 0 heterocycles. The van der Waals surface area contributed by atoms with Gasteiger partial charge >= 0.3 is 11.9 Å². The molecule has 0 unspecified atom stereocenters. The predicted octanol–water partition coefficient (Wildman–Crippen LogP) is 6.56. The zero-order valence-corrected chi connectivity index (χ0v) is 22.8. The molecule has 1 aromatic rings. The molecule has 3 saturated carbocycles. The first-order chi connectivity index (χ1) is 17.7. The molecule has 5 nitrogen and oxygen atoms in total. The van der Waals surface area contributed by atoms with E-state index < -0.39 is 0 Å². The van der Waals surface area contributed by atoms with Crippen LogP contribution in [0.5, 0.6) is 0 Å². The fraction of sp³-hybridized carbons (Fsp3) is 0.656. The first kappa shape index (κ1) is 26.2. The fourth-order valence-corrected chi connectivity index (χ4v) is 9.05. The van der Waals surface area contributed by atoms with Crippen LogP contribution in [0.4, 0.5) is 0 Å². The Bertz CT molecular complexity index is 1080. The Morgan fingerprint density at radius 1 is 1.05 bits per heavy atom. The Morgan fingerprint density at radius 3 is 2.54 bits per heavy atom. The number of rotatable bonds is 6. The van der Waals surface area contributed by atoms with Gasteiger partial charge in [0.15, 0.2) is 5.78 Å². The lowest BCUT2D eigenvalue weighted by Crippen LogP contribution is -2.58. The fourth-order valence-electron chi connectivity index (χ4n) is 9.05. The van der Waals surface area contributed by atoms with E-state index in [1.807, 2.05) is 36.4 Å². The standard InChI is InChI=1S/C32H42O5/c1-20(10-15-29(34)36-4)25-13-14-26-24-12-11-22-18-23(33)16-17-31(22,2)27(24)19-28(32(25,26)3)37-30(35)21-8-6-5-7-9-21/h5-9,18,20,24-28H,10-17,19H2,1-4H3/t20-,24+,25-,26+,27+,28+,31+,32-/m1/s1. The summed E-state index contributed by atoms with van der Waals surface area (Å²) in [5, 5.41) is 0. The number of esters is 2. The van der Waals surface area contributed by atoms with E-state index in [4.69, 9.17) is 9.47 Å². The number of ketones is 1. The van der Waals surface area contributed by atoms with Crippen molar-refractivity contribution >= 4 is 17.7 Å². The smallest absolute Gasteiger partial charge is 0.338 e. The van der Waals surface area contributed by atoms with Crippen LogP contribution in [0.25, 0.3) is 0 Å². The molecule has 3 fully saturated rings. The van der Waals surface area contributed by atoms with E-state index in [-0.39, 0.29) is 34.7 Å². The van der Waals surface area contributed by atoms with Crippen molar-refractivity contribution in [2.24, 2.45) is 40.4 Å². The molecule has 1 aromatic carbocycles. The Balaban J connectivity index is 1.48. The molecule has 0 aliphatic heterocycles. The number of carbonyl (C=O) groups excluding carboxylic acids is 3. The summed E-state index contributed by atoms with van der Waals surface area (Å²) in [6, 6.07) is 9.33. The minimum atomic E-state index is -0.243. The molecule has 0 spiro atoms. The highest BCUT2D eigenvalue weighted by molar-refractivity contribution is 5.91. The molecule has 4 aliphatic rings. The van der Waals surface area contributed by atoms with Gasteiger partial charge in [-0.25, -0.2) is 4.79 Å². The maximum Gasteiger partial charge on any atom is 0.338 e. The molecule has 0 radical (unpaired) electrons. The summed E-state index contributed by atoms with van der Waals surface area (Å²) < 4.78 is 11.4. The van der Waals surface area contributed by atoms with Crippen molar-refractivity contribution < 1.29 is 23.9 Å². The van der Waals surface area contributed by atoms with Crippen LogP contribution in [-0.4, -0.2) is 30.9 Å². The van der Waals surface area contributed by atoms with Crippen molar-refractivity contribution in [3.8, 4) is 0 Å². The normalized spacial score (nSPS) is 37.5. The van der Waals surface area contributed by atoms with E-state index in [1.165, 1.54) is 12.7 Å². The highest BCUT2D eigenvalue weighted by atomic mass is 16.5. The molecule has 5 rings (SSSR count). The van der Waals surface area contributed by atoms with Gasteiger partial charge in [0.05, 0.1) is 12.7 Å². The molecule has 0 saturated heterocycles. The number of allylic oxidation sites excluding steroid dienone is 1. The Hall–Kier alpha value is -2.43. The zero-order chi connectivity index (χ0) is 26.4. The van der Waals surface area contributed by atoms with E-state index in [0.717, 1.165) is 44.9 Å². The van der Waals surface area contributed by atoms with Crippen LogP contribution >= 0.6 is 0 Å². The molecule has 0 amide bonds. The summed E-state index contributed by atoms with van der Waals surface area (Å²) in [6.45, 7) is 7.01. The van der Waals surface area contributed by atoms with Gasteiger partial charge < -0.3 is 9.47 Å². The number of hydrogen-bond donors (Lipinski definition) is 0. The highest BCUT2D eigenvalue weighted by Gasteiger charge is 2.64. The molecular weight excluding hydrogens is 464 g/mol. The first-order valence-electron chi connectivity index (χ1n) is 14.2. The number of methoxy groups -OCH3 is 1. The molecule has 5 heteroatoms. The van der Waals surface area contributed by atoms with Crippen molar-refractivity contribution in [2.45, 2.75) is 84.7 Å². The first-order valence-corrected chi connectivity index (χ1v) is 14.2. The average molecular weight is 507 g/mol. The monoisotopic (exact) mass is 506 g/mol. The Labute approximate surface area is 221 Å². The Kier molecular flexibility index (Phi) is 7.10. The summed E-state index contributed by atoms with van der Waals surface area (Å²) >= 11 is 0. The number of hydrogen-bond acceptors (Lipinski definition) is 5. The average Bonchev–Trinajstić information content (AvgIpc) is 3.26. The molecule has 0 aromatic heterocycles. The molecule has 0 bridgehead atoms. The van der Waals surface area contributed by atoms with Crippen LogP contribution in [-0.2, 0) is 19.1 Å². The lowest BCUT2D eigenvalue weighted by Gasteiger charge is -2.60. The second-order valence-corrected chi connectivity index (χ2v) is 12.6. The number of carbonyl (C=O) groups is 3. The van der Waals surface area contributed by atoms with Crippen molar-refractivity contribution in [1.29, 1.82) is 0 Å². The third kappa shape index (κ3) is 4.46. The molecule has 4 aliphatic carbocycles. The number of benzene rings is 1. The van der Waals surface area contributed by atoms with Crippen molar-refractivity contribution in [2.75, 3.05) is 7.11 Å². The lowest BCUT2D eigenvalue weighted by molar-refractivity contribution is -0.146. The summed E-state index contributed by atoms with van der Waals surface area (Å²) in [5.74, 6) is 2.04. The zero-order valence-electron chi connectivity index (χ0n) is 22.8. The summed E-state index contributed by atoms with van der Waals surface area (Å²) in [7, 11) is 1.45. The van der Waals surface area contributed by atoms with Gasteiger partial charge in [-0.1, -0.05) is 44.5 Å². The third-order valence-electron chi connectivity index (χ3n) is 11.1. The van der Waals surface area contributed by atoms with Crippen LogP contribution < -0.4 is 0 Å². The number of ether oxygens (including phenoxy) is 2. The van der Waals surface area contributed by atoms with Crippen LogP contribution in [0.1, 0.15) is 88.9 Å². The van der Waals surface area contributed by atoms with E-state index in [9.17, 15) is 14.4 Å². The molecular formula is C32H42O5. The maximum atomic E-state index is 13.4. The largest absolute Gasteiger partial charge is 0.469 e. The molecule has 0 N–H and O–H groups in total. The SMILES string of the molecule is COC(=O)CC[C@@H](C)[C@H]1CC[C@H]2[C@@H]3CCC4=CC(=O)CC[C@]4(C)[C@H]3C[C@H](OC(=O)c3ccccc3)[C@]12C. The van der Waals surface area contributed by atoms with Crippen LogP contribution in [0.2, 0.25) is 0 Å². The maximum absolute atomic E-state index is 13.4. The van der Waals surface area contributed by atoms with Gasteiger partial charge in [-0.15, -0.1) is 0 Å². The van der Waals surface area contributed by atoms with Gasteiger partial charge in [0.25, 0.3) is 0 Å². The quantitative estimate of drug-likeness (QED) is 0.409. The second-order valence-electron chi connectivity index (χ2n) is 12.6. The van der Waals surface area contributed by atoms with Gasteiger partial charge in [-0.3, -0.25) is 9.59 Å². The number of fused-ring (bicyclic) bond motifs is 5. The topological polar surface area (TPSA) is 69.7 Å². The third-order valence-corrected chi connectivity index (χ3v) is 11.1. The van der Waals surface area contributed by atoms with Gasteiger partial charge in [0.1, 0.15) is 6.10 Å². The van der Waals surface area contributed by atoms with Gasteiger partial charge in [0, 0.05) is 18.3 Å². The van der Waals surface area contributed by atoms with E-state index in [2.05, 4.69) is 20.8 Å². The van der Waals surface area contributed by atoms with E-state index in [1.54, 1.807) is 0 Å². The molecule has 8 atom stereocenters. The van der Waals surface area contributed by atoms with Gasteiger partial charge in [0.2, 0.25) is 0 Å². The van der Waals surface area contributed by atoms with E-state index >= 15 is 0 Å². The van der Waals surface area contributed by atoms with Gasteiger partial charge in [-0.2, -0.15) is 0 Å². The summed E-state index contributed by atoms with van der Waals surface area (Å²) in [6.07, 6.45) is 9.69. The van der Waals surface area contributed by atoms with Crippen molar-refractivity contribution in [3.05, 3.63) is 47.5 Å². The van der Waals surface area contributed by atoms with Crippen molar-refractivity contribution in [1.82, 2.24) is 0 Å². The van der Waals surface area contributed by atoms with Crippen LogP contribution in [0.15, 0.2) is 42.0 Å². The molecule has 37 heavy (non-hydrogen) atoms. The van der Waals surface area contributed by atoms with Crippen LogP contribution in [0.3, 0.4) is 0 Å². The second kappa shape index (κ2) is 10.0. The minimum absolute atomic E-state index is 0.00411. The highest BCUT2D eigenvalue weighted by Crippen LogP contribution is 2.68. The van der Waals surface area contributed by atoms with Crippen molar-refractivity contribution in [3.63, 3.8) is 0 Å². The summed E-state index contributed by atoms with van der Waals surface area (Å²) in [4.78, 5) is 37.6. The van der Waals surface area contributed by atoms with Crippen LogP contribution in [0, 0.1) is 40.4 Å². The molecule has 200 valence electrons. The minimum Gasteiger partial charge on any atom is -0.469 e. The Morgan fingerprint density at radius 2 is 1.81 bits per heavy atom. The predicted molar refractivity (Wildman–Crippen MR) is 142 cm³/mol. The summed E-state index contributed by atoms with van der Waals surface area (Å²) in [5.41, 5.74) is 1.78. The van der Waals surface area contributed by atoms with E-state index in [0.29, 0.717) is 48.0 Å². The van der Waals surface area contributed by atoms with Gasteiger partial charge in [-0.05, 0) is 98.2 Å².